The van der Waals surface area contributed by atoms with E-state index in [9.17, 15) is 13.2 Å². The number of rotatable bonds is 6. The number of alkyl halides is 3. The van der Waals surface area contributed by atoms with Crippen molar-refractivity contribution in [2.45, 2.75) is 19.7 Å². The number of hydrogen-bond acceptors (Lipinski definition) is 4. The summed E-state index contributed by atoms with van der Waals surface area (Å²) in [5.74, 6) is 0.852. The molecule has 3 rings (SSSR count). The van der Waals surface area contributed by atoms with Gasteiger partial charge in [-0.25, -0.2) is 4.98 Å². The van der Waals surface area contributed by atoms with Gasteiger partial charge >= 0.3 is 6.18 Å². The zero-order valence-electron chi connectivity index (χ0n) is 15.0. The van der Waals surface area contributed by atoms with Crippen LogP contribution in [0.3, 0.4) is 0 Å². The topological polar surface area (TPSA) is 55.5 Å². The molecule has 0 unspecified atom stereocenters. The van der Waals surface area contributed by atoms with Crippen LogP contribution in [0, 0.1) is 0 Å². The highest BCUT2D eigenvalue weighted by atomic mass is 19.4. The SMILES string of the molecule is C/C(=C\CO)c1cccc(OCc2coc(-c3ccc(C(F)(F)F)cc3)n2)c1. The largest absolute Gasteiger partial charge is 0.487 e. The second-order valence-electron chi connectivity index (χ2n) is 6.11. The monoisotopic (exact) mass is 389 g/mol. The number of ether oxygens (including phenoxy) is 1. The minimum Gasteiger partial charge on any atom is -0.487 e. The lowest BCUT2D eigenvalue weighted by Crippen LogP contribution is -2.04. The molecule has 0 aliphatic rings. The molecule has 0 amide bonds. The van der Waals surface area contributed by atoms with E-state index in [0.717, 1.165) is 23.3 Å². The number of nitrogens with zero attached hydrogens (tertiary/aromatic N) is 1. The summed E-state index contributed by atoms with van der Waals surface area (Å²) in [6.07, 6.45) is -1.27. The van der Waals surface area contributed by atoms with Gasteiger partial charge in [0.2, 0.25) is 5.89 Å². The maximum absolute atomic E-state index is 12.6. The Morgan fingerprint density at radius 1 is 1.18 bits per heavy atom. The van der Waals surface area contributed by atoms with Gasteiger partial charge in [0.15, 0.2) is 0 Å². The Labute approximate surface area is 159 Å². The van der Waals surface area contributed by atoms with Gasteiger partial charge in [0.1, 0.15) is 24.3 Å². The molecule has 146 valence electrons. The number of allylic oxidation sites excluding steroid dienone is 1. The van der Waals surface area contributed by atoms with Crippen molar-refractivity contribution in [1.82, 2.24) is 4.98 Å². The molecule has 4 nitrogen and oxygen atoms in total. The van der Waals surface area contributed by atoms with Crippen LogP contribution in [-0.4, -0.2) is 16.7 Å². The molecule has 0 saturated carbocycles. The summed E-state index contributed by atoms with van der Waals surface area (Å²) in [7, 11) is 0. The van der Waals surface area contributed by atoms with Crippen LogP contribution < -0.4 is 4.74 Å². The third kappa shape index (κ3) is 4.80. The molecule has 2 aromatic carbocycles. The second kappa shape index (κ2) is 8.31. The van der Waals surface area contributed by atoms with Crippen molar-refractivity contribution in [3.05, 3.63) is 77.7 Å². The number of benzene rings is 2. The van der Waals surface area contributed by atoms with Crippen LogP contribution in [0.15, 0.2) is 65.3 Å². The molecule has 1 N–H and O–H groups in total. The van der Waals surface area contributed by atoms with Gasteiger partial charge in [-0.15, -0.1) is 0 Å². The van der Waals surface area contributed by atoms with E-state index in [1.54, 1.807) is 12.1 Å². The summed E-state index contributed by atoms with van der Waals surface area (Å²) in [5, 5.41) is 8.99. The fourth-order valence-electron chi connectivity index (χ4n) is 2.55. The molecule has 28 heavy (non-hydrogen) atoms. The highest BCUT2D eigenvalue weighted by Crippen LogP contribution is 2.31. The van der Waals surface area contributed by atoms with E-state index in [-0.39, 0.29) is 19.1 Å². The van der Waals surface area contributed by atoms with Crippen LogP contribution in [0.25, 0.3) is 17.0 Å². The third-order valence-corrected chi connectivity index (χ3v) is 4.08. The van der Waals surface area contributed by atoms with Crippen LogP contribution in [0.2, 0.25) is 0 Å². The molecule has 7 heteroatoms. The van der Waals surface area contributed by atoms with Crippen LogP contribution in [0.4, 0.5) is 13.2 Å². The summed E-state index contributed by atoms with van der Waals surface area (Å²) < 4.78 is 49.0. The van der Waals surface area contributed by atoms with E-state index < -0.39 is 11.7 Å². The van der Waals surface area contributed by atoms with E-state index in [2.05, 4.69) is 4.98 Å². The maximum atomic E-state index is 12.6. The molecule has 3 aromatic rings. The number of hydrogen-bond donors (Lipinski definition) is 1. The first-order chi connectivity index (χ1) is 13.4. The molecule has 0 radical (unpaired) electrons. The Bertz CT molecular complexity index is 960. The third-order valence-electron chi connectivity index (χ3n) is 4.08. The fraction of sp³-hybridized carbons (Fsp3) is 0.190. The summed E-state index contributed by atoms with van der Waals surface area (Å²) >= 11 is 0. The normalized spacial score (nSPS) is 12.2. The van der Waals surface area contributed by atoms with E-state index in [0.29, 0.717) is 17.0 Å². The standard InChI is InChI=1S/C21H18F3NO3/c1-14(9-10-26)16-3-2-4-19(11-16)27-12-18-13-28-20(25-18)15-5-7-17(8-6-15)21(22,23)24/h2-9,11,13,26H,10,12H2,1H3/b14-9+. The molecule has 1 heterocycles. The van der Waals surface area contributed by atoms with Gasteiger partial charge in [-0.1, -0.05) is 18.2 Å². The summed E-state index contributed by atoms with van der Waals surface area (Å²) in [5.41, 5.74) is 2.10. The van der Waals surface area contributed by atoms with Gasteiger partial charge in [-0.3, -0.25) is 0 Å². The summed E-state index contributed by atoms with van der Waals surface area (Å²) in [6, 6.07) is 12.0. The van der Waals surface area contributed by atoms with E-state index in [4.69, 9.17) is 14.3 Å². The van der Waals surface area contributed by atoms with Crippen LogP contribution in [-0.2, 0) is 12.8 Å². The molecule has 0 aliphatic heterocycles. The lowest BCUT2D eigenvalue weighted by molar-refractivity contribution is -0.137. The highest BCUT2D eigenvalue weighted by Gasteiger charge is 2.30. The molecule has 0 bridgehead atoms. The van der Waals surface area contributed by atoms with Crippen molar-refractivity contribution in [2.24, 2.45) is 0 Å². The smallest absolute Gasteiger partial charge is 0.416 e. The minimum atomic E-state index is -4.38. The maximum Gasteiger partial charge on any atom is 0.416 e. The van der Waals surface area contributed by atoms with Crippen molar-refractivity contribution in [2.75, 3.05) is 6.61 Å². The zero-order chi connectivity index (χ0) is 20.1. The number of aliphatic hydroxyl groups excluding tert-OH is 1. The number of aromatic nitrogens is 1. The molecule has 1 aromatic heterocycles. The summed E-state index contributed by atoms with van der Waals surface area (Å²) in [4.78, 5) is 4.26. The Hall–Kier alpha value is -3.06. The first-order valence-electron chi connectivity index (χ1n) is 8.49. The average molecular weight is 389 g/mol. The lowest BCUT2D eigenvalue weighted by Gasteiger charge is -2.07. The Morgan fingerprint density at radius 2 is 1.93 bits per heavy atom. The molecular formula is C21H18F3NO3. The quantitative estimate of drug-likeness (QED) is 0.619. The fourth-order valence-corrected chi connectivity index (χ4v) is 2.55. The minimum absolute atomic E-state index is 0.0391. The highest BCUT2D eigenvalue weighted by molar-refractivity contribution is 5.64. The van der Waals surface area contributed by atoms with E-state index in [1.165, 1.54) is 18.4 Å². The zero-order valence-corrected chi connectivity index (χ0v) is 15.0. The van der Waals surface area contributed by atoms with Crippen molar-refractivity contribution in [3.8, 4) is 17.2 Å². The van der Waals surface area contributed by atoms with Crippen molar-refractivity contribution in [3.63, 3.8) is 0 Å². The first kappa shape index (κ1) is 19.7. The van der Waals surface area contributed by atoms with Crippen molar-refractivity contribution in [1.29, 1.82) is 0 Å². The van der Waals surface area contributed by atoms with Gasteiger partial charge in [0, 0.05) is 5.56 Å². The van der Waals surface area contributed by atoms with Crippen LogP contribution in [0.5, 0.6) is 5.75 Å². The van der Waals surface area contributed by atoms with Crippen LogP contribution >= 0.6 is 0 Å². The number of oxazole rings is 1. The number of aliphatic hydroxyl groups is 1. The van der Waals surface area contributed by atoms with Crippen molar-refractivity contribution >= 4 is 5.57 Å². The molecule has 0 spiro atoms. The predicted molar refractivity (Wildman–Crippen MR) is 98.5 cm³/mol. The predicted octanol–water partition coefficient (Wildman–Crippen LogP) is 5.34. The van der Waals surface area contributed by atoms with Crippen molar-refractivity contribution < 1.29 is 27.4 Å². The number of halogens is 3. The molecule has 0 saturated heterocycles. The molecular weight excluding hydrogens is 371 g/mol. The van der Waals surface area contributed by atoms with Gasteiger partial charge in [0.05, 0.1) is 12.2 Å². The van der Waals surface area contributed by atoms with Crippen LogP contribution in [0.1, 0.15) is 23.7 Å². The lowest BCUT2D eigenvalue weighted by atomic mass is 10.1. The van der Waals surface area contributed by atoms with Gasteiger partial charge in [-0.2, -0.15) is 13.2 Å². The van der Waals surface area contributed by atoms with E-state index >= 15 is 0 Å². The van der Waals surface area contributed by atoms with Gasteiger partial charge in [-0.05, 0) is 54.5 Å². The first-order valence-corrected chi connectivity index (χ1v) is 8.49. The second-order valence-corrected chi connectivity index (χ2v) is 6.11. The Balaban J connectivity index is 1.67. The van der Waals surface area contributed by atoms with Gasteiger partial charge in [0.25, 0.3) is 0 Å². The molecule has 0 aliphatic carbocycles. The Kier molecular flexibility index (Phi) is 5.84. The van der Waals surface area contributed by atoms with Gasteiger partial charge < -0.3 is 14.3 Å². The Morgan fingerprint density at radius 3 is 2.61 bits per heavy atom. The van der Waals surface area contributed by atoms with E-state index in [1.807, 2.05) is 25.1 Å². The summed E-state index contributed by atoms with van der Waals surface area (Å²) in [6.45, 7) is 2.00. The average Bonchev–Trinajstić information content (AvgIpc) is 3.15. The molecule has 0 fully saturated rings. The molecule has 0 atom stereocenters.